The number of halogens is 1. The summed E-state index contributed by atoms with van der Waals surface area (Å²) in [6, 6.07) is 20.3. The second-order valence-electron chi connectivity index (χ2n) is 10.0. The lowest BCUT2D eigenvalue weighted by Crippen LogP contribution is -2.13. The van der Waals surface area contributed by atoms with Crippen molar-refractivity contribution >= 4 is 0 Å². The molecule has 186 valence electrons. The third-order valence-electron chi connectivity index (χ3n) is 6.64. The zero-order valence-electron chi connectivity index (χ0n) is 21.9. The molecule has 0 spiro atoms. The van der Waals surface area contributed by atoms with E-state index in [0.29, 0.717) is 18.6 Å². The van der Waals surface area contributed by atoms with Gasteiger partial charge in [-0.15, -0.1) is 6.58 Å². The Morgan fingerprint density at radius 1 is 0.886 bits per heavy atom. The summed E-state index contributed by atoms with van der Waals surface area (Å²) < 4.78 is 24.5. The van der Waals surface area contributed by atoms with Crippen LogP contribution in [0, 0.1) is 25.6 Å². The van der Waals surface area contributed by atoms with Gasteiger partial charge in [-0.3, -0.25) is 0 Å². The van der Waals surface area contributed by atoms with Gasteiger partial charge < -0.3 is 9.47 Å². The molecule has 2 atom stereocenters. The highest BCUT2D eigenvalue weighted by Gasteiger charge is 2.20. The van der Waals surface area contributed by atoms with Gasteiger partial charge in [0.2, 0.25) is 6.79 Å². The maximum atomic E-state index is 13.5. The Kier molecular flexibility index (Phi) is 9.54. The molecule has 1 aliphatic rings. The van der Waals surface area contributed by atoms with Crippen molar-refractivity contribution in [1.29, 1.82) is 0 Å². The Morgan fingerprint density at radius 2 is 1.54 bits per heavy atom. The highest BCUT2D eigenvalue weighted by atomic mass is 19.1. The van der Waals surface area contributed by atoms with Gasteiger partial charge in [-0.05, 0) is 112 Å². The number of rotatable bonds is 8. The second-order valence-corrected chi connectivity index (χ2v) is 10.0. The van der Waals surface area contributed by atoms with E-state index in [-0.39, 0.29) is 5.82 Å². The first kappa shape index (κ1) is 26.5. The number of allylic oxidation sites excluding steroid dienone is 1. The predicted octanol–water partition coefficient (Wildman–Crippen LogP) is 8.74. The Balaban J connectivity index is 0.000000795. The largest absolute Gasteiger partial charge is 0.454 e. The van der Waals surface area contributed by atoms with Gasteiger partial charge in [-0.2, -0.15) is 0 Å². The first-order chi connectivity index (χ1) is 16.7. The molecule has 0 saturated carbocycles. The van der Waals surface area contributed by atoms with Crippen LogP contribution in [0.2, 0.25) is 0 Å². The van der Waals surface area contributed by atoms with Crippen LogP contribution in [0.5, 0.6) is 11.5 Å². The third kappa shape index (κ3) is 7.99. The smallest absolute Gasteiger partial charge is 0.231 e. The number of hydrogen-bond acceptors (Lipinski definition) is 2. The van der Waals surface area contributed by atoms with Gasteiger partial charge in [0.25, 0.3) is 0 Å². The minimum atomic E-state index is -0.159. The van der Waals surface area contributed by atoms with Crippen molar-refractivity contribution < 1.29 is 13.9 Å². The van der Waals surface area contributed by atoms with Gasteiger partial charge in [0, 0.05) is 0 Å². The normalized spacial score (nSPS) is 13.5. The predicted molar refractivity (Wildman–Crippen MR) is 144 cm³/mol. The molecule has 2 unspecified atom stereocenters. The zero-order valence-corrected chi connectivity index (χ0v) is 21.9. The molecule has 0 N–H and O–H groups in total. The van der Waals surface area contributed by atoms with Crippen molar-refractivity contribution in [3.05, 3.63) is 106 Å². The maximum absolute atomic E-state index is 13.5. The van der Waals surface area contributed by atoms with E-state index in [1.54, 1.807) is 12.1 Å². The fraction of sp³-hybridized carbons (Fsp3) is 0.375. The molecular weight excluding hydrogens is 435 g/mol. The number of aryl methyl sites for hydroxylation is 4. The van der Waals surface area contributed by atoms with Crippen LogP contribution in [0.25, 0.3) is 0 Å². The standard InChI is InChI=1S/C28H31FO2.C4H8/c1-19-4-8-24(9-5-19)21(3)25(12-11-23-13-14-26(29)16-20(23)2)10-6-22-7-15-27-28(17-22)31-18-30-27;1-4(2)3/h4-5,7-9,13-17,21,25H,6,10-12,18H2,1-3H3;1H2,2-3H3. The zero-order chi connectivity index (χ0) is 25.4. The first-order valence-corrected chi connectivity index (χ1v) is 12.5. The van der Waals surface area contributed by atoms with E-state index in [4.69, 9.17) is 9.47 Å². The summed E-state index contributed by atoms with van der Waals surface area (Å²) in [7, 11) is 0. The van der Waals surface area contributed by atoms with Crippen LogP contribution >= 0.6 is 0 Å². The Hall–Kier alpha value is -3.07. The summed E-state index contributed by atoms with van der Waals surface area (Å²) in [5, 5.41) is 0. The lowest BCUT2D eigenvalue weighted by molar-refractivity contribution is 0.174. The molecule has 2 nitrogen and oxygen atoms in total. The van der Waals surface area contributed by atoms with Crippen molar-refractivity contribution in [1.82, 2.24) is 0 Å². The Bertz CT molecular complexity index is 1110. The Labute approximate surface area is 210 Å². The maximum Gasteiger partial charge on any atom is 0.231 e. The summed E-state index contributed by atoms with van der Waals surface area (Å²) in [6.45, 7) is 14.3. The summed E-state index contributed by atoms with van der Waals surface area (Å²) in [5.74, 6) is 2.50. The van der Waals surface area contributed by atoms with Crippen LogP contribution in [0.1, 0.15) is 67.3 Å². The van der Waals surface area contributed by atoms with Crippen LogP contribution in [0.4, 0.5) is 4.39 Å². The quantitative estimate of drug-likeness (QED) is 0.304. The highest BCUT2D eigenvalue weighted by molar-refractivity contribution is 5.44. The van der Waals surface area contributed by atoms with E-state index in [2.05, 4.69) is 56.8 Å². The van der Waals surface area contributed by atoms with Gasteiger partial charge in [0.05, 0.1) is 0 Å². The molecule has 1 aliphatic heterocycles. The molecule has 0 aliphatic carbocycles. The van der Waals surface area contributed by atoms with Gasteiger partial charge in [-0.1, -0.05) is 54.5 Å². The summed E-state index contributed by atoms with van der Waals surface area (Å²) >= 11 is 0. The third-order valence-corrected chi connectivity index (χ3v) is 6.64. The number of fused-ring (bicyclic) bond motifs is 1. The van der Waals surface area contributed by atoms with Gasteiger partial charge in [0.1, 0.15) is 5.82 Å². The summed E-state index contributed by atoms with van der Waals surface area (Å²) in [4.78, 5) is 0. The van der Waals surface area contributed by atoms with Crippen LogP contribution in [0.15, 0.2) is 72.8 Å². The average Bonchev–Trinajstić information content (AvgIpc) is 3.28. The van der Waals surface area contributed by atoms with E-state index >= 15 is 0 Å². The molecule has 35 heavy (non-hydrogen) atoms. The van der Waals surface area contributed by atoms with Crippen LogP contribution in [-0.4, -0.2) is 6.79 Å². The molecule has 3 heteroatoms. The molecule has 0 amide bonds. The van der Waals surface area contributed by atoms with E-state index < -0.39 is 0 Å². The number of ether oxygens (including phenoxy) is 2. The average molecular weight is 475 g/mol. The van der Waals surface area contributed by atoms with Crippen molar-refractivity contribution in [2.45, 2.75) is 66.2 Å². The van der Waals surface area contributed by atoms with E-state index in [1.807, 2.05) is 32.9 Å². The monoisotopic (exact) mass is 474 g/mol. The van der Waals surface area contributed by atoms with E-state index in [1.165, 1.54) is 27.8 Å². The van der Waals surface area contributed by atoms with Crippen molar-refractivity contribution in [2.75, 3.05) is 6.79 Å². The van der Waals surface area contributed by atoms with Gasteiger partial charge in [-0.25, -0.2) is 4.39 Å². The van der Waals surface area contributed by atoms with Crippen molar-refractivity contribution in [3.8, 4) is 11.5 Å². The Morgan fingerprint density at radius 3 is 2.23 bits per heavy atom. The molecule has 3 aromatic carbocycles. The minimum absolute atomic E-state index is 0.159. The molecule has 0 aromatic heterocycles. The van der Waals surface area contributed by atoms with E-state index in [9.17, 15) is 4.39 Å². The number of benzene rings is 3. The molecular formula is C32H39FO2. The minimum Gasteiger partial charge on any atom is -0.454 e. The van der Waals surface area contributed by atoms with E-state index in [0.717, 1.165) is 42.7 Å². The molecule has 1 heterocycles. The SMILES string of the molecule is C=C(C)C.Cc1ccc(C(C)C(CCc2ccc3c(c2)OCO3)CCc2ccc(F)cc2C)cc1. The second kappa shape index (κ2) is 12.6. The summed E-state index contributed by atoms with van der Waals surface area (Å²) in [6.07, 6.45) is 4.13. The molecule has 0 bridgehead atoms. The van der Waals surface area contributed by atoms with Gasteiger partial charge >= 0.3 is 0 Å². The first-order valence-electron chi connectivity index (χ1n) is 12.5. The van der Waals surface area contributed by atoms with Gasteiger partial charge in [0.15, 0.2) is 11.5 Å². The highest BCUT2D eigenvalue weighted by Crippen LogP contribution is 2.35. The molecule has 0 saturated heterocycles. The van der Waals surface area contributed by atoms with Crippen LogP contribution < -0.4 is 9.47 Å². The topological polar surface area (TPSA) is 18.5 Å². The fourth-order valence-electron chi connectivity index (χ4n) is 4.52. The molecule has 4 rings (SSSR count). The lowest BCUT2D eigenvalue weighted by atomic mass is 9.80. The van der Waals surface area contributed by atoms with Crippen molar-refractivity contribution in [3.63, 3.8) is 0 Å². The molecule has 3 aromatic rings. The van der Waals surface area contributed by atoms with Crippen LogP contribution in [0.3, 0.4) is 0 Å². The number of hydrogen-bond donors (Lipinski definition) is 0. The molecule has 0 fully saturated rings. The lowest BCUT2D eigenvalue weighted by Gasteiger charge is -2.25. The van der Waals surface area contributed by atoms with Crippen molar-refractivity contribution in [2.24, 2.45) is 5.92 Å². The summed E-state index contributed by atoms with van der Waals surface area (Å²) in [5.41, 5.74) is 7.40. The van der Waals surface area contributed by atoms with Crippen LogP contribution in [-0.2, 0) is 12.8 Å². The fourth-order valence-corrected chi connectivity index (χ4v) is 4.52. The molecule has 0 radical (unpaired) electrons.